The summed E-state index contributed by atoms with van der Waals surface area (Å²) < 4.78 is 37.7. The first-order valence-electron chi connectivity index (χ1n) is 5.71. The monoisotopic (exact) mass is 319 g/mol. The molecule has 6 heteroatoms. The molecule has 2 aromatic carbocycles. The molecule has 0 aromatic heterocycles. The number of anilines is 1. The number of hydrogen-bond acceptors (Lipinski definition) is 1. The maximum absolute atomic E-state index is 12.6. The Kier molecular flexibility index (Phi) is 4.45. The number of halogens is 5. The van der Waals surface area contributed by atoms with Crippen molar-refractivity contribution in [1.29, 1.82) is 0 Å². The molecule has 0 saturated heterocycles. The molecule has 0 aliphatic rings. The molecule has 1 N–H and O–H groups in total. The van der Waals surface area contributed by atoms with Crippen LogP contribution in [0.1, 0.15) is 11.1 Å². The lowest BCUT2D eigenvalue weighted by Crippen LogP contribution is -2.06. The Morgan fingerprint density at radius 2 is 1.75 bits per heavy atom. The van der Waals surface area contributed by atoms with E-state index < -0.39 is 11.7 Å². The molecule has 0 bridgehead atoms. The van der Waals surface area contributed by atoms with Crippen molar-refractivity contribution in [3.05, 3.63) is 63.6 Å². The van der Waals surface area contributed by atoms with Crippen LogP contribution < -0.4 is 5.32 Å². The normalized spacial score (nSPS) is 11.4. The van der Waals surface area contributed by atoms with E-state index in [4.69, 9.17) is 23.2 Å². The number of alkyl halides is 3. The number of nitrogens with one attached hydrogen (secondary N) is 1. The average molecular weight is 320 g/mol. The van der Waals surface area contributed by atoms with Crippen molar-refractivity contribution in [2.75, 3.05) is 5.32 Å². The van der Waals surface area contributed by atoms with E-state index in [0.29, 0.717) is 22.3 Å². The van der Waals surface area contributed by atoms with Gasteiger partial charge in [0.25, 0.3) is 0 Å². The summed E-state index contributed by atoms with van der Waals surface area (Å²) in [7, 11) is 0. The Labute approximate surface area is 124 Å². The first kappa shape index (κ1) is 15.0. The molecule has 0 unspecified atom stereocenters. The minimum absolute atomic E-state index is 0.292. The van der Waals surface area contributed by atoms with Crippen molar-refractivity contribution in [1.82, 2.24) is 0 Å². The van der Waals surface area contributed by atoms with Gasteiger partial charge in [0, 0.05) is 22.3 Å². The smallest absolute Gasteiger partial charge is 0.381 e. The molecule has 106 valence electrons. The van der Waals surface area contributed by atoms with Crippen LogP contribution in [0.5, 0.6) is 0 Å². The van der Waals surface area contributed by atoms with Crippen LogP contribution in [-0.4, -0.2) is 0 Å². The van der Waals surface area contributed by atoms with Gasteiger partial charge >= 0.3 is 6.18 Å². The van der Waals surface area contributed by atoms with Crippen LogP contribution in [0, 0.1) is 0 Å². The summed E-state index contributed by atoms with van der Waals surface area (Å²) >= 11 is 11.8. The molecule has 0 radical (unpaired) electrons. The summed E-state index contributed by atoms with van der Waals surface area (Å²) in [5.74, 6) is 0. The minimum atomic E-state index is -4.36. The van der Waals surface area contributed by atoms with Crippen molar-refractivity contribution in [2.45, 2.75) is 12.7 Å². The fourth-order valence-corrected chi connectivity index (χ4v) is 2.06. The maximum Gasteiger partial charge on any atom is 0.416 e. The highest BCUT2D eigenvalue weighted by Crippen LogP contribution is 2.31. The zero-order chi connectivity index (χ0) is 14.8. The van der Waals surface area contributed by atoms with Crippen LogP contribution in [0.4, 0.5) is 18.9 Å². The third kappa shape index (κ3) is 3.81. The van der Waals surface area contributed by atoms with Crippen LogP contribution in [0.25, 0.3) is 0 Å². The highest BCUT2D eigenvalue weighted by Gasteiger charge is 2.30. The Bertz CT molecular complexity index is 612. The molecule has 1 nitrogen and oxygen atoms in total. The molecule has 20 heavy (non-hydrogen) atoms. The van der Waals surface area contributed by atoms with Crippen molar-refractivity contribution in [3.63, 3.8) is 0 Å². The first-order valence-corrected chi connectivity index (χ1v) is 6.47. The number of hydrogen-bond donors (Lipinski definition) is 1. The van der Waals surface area contributed by atoms with Gasteiger partial charge in [0.05, 0.1) is 5.56 Å². The van der Waals surface area contributed by atoms with Gasteiger partial charge in [0.2, 0.25) is 0 Å². The maximum atomic E-state index is 12.6. The average Bonchev–Trinajstić information content (AvgIpc) is 2.39. The van der Waals surface area contributed by atoms with Crippen LogP contribution in [0.15, 0.2) is 42.5 Å². The summed E-state index contributed by atoms with van der Waals surface area (Å²) in [6.45, 7) is 0.292. The lowest BCUT2D eigenvalue weighted by Gasteiger charge is -2.11. The van der Waals surface area contributed by atoms with Crippen LogP contribution >= 0.6 is 23.2 Å². The first-order chi connectivity index (χ1) is 9.36. The second kappa shape index (κ2) is 5.94. The van der Waals surface area contributed by atoms with Gasteiger partial charge in [0.1, 0.15) is 0 Å². The van der Waals surface area contributed by atoms with Gasteiger partial charge in [-0.25, -0.2) is 0 Å². The van der Waals surface area contributed by atoms with Crippen molar-refractivity contribution in [3.8, 4) is 0 Å². The molecule has 2 rings (SSSR count). The largest absolute Gasteiger partial charge is 0.416 e. The standard InChI is InChI=1S/C14H10Cl2F3N/c15-11-4-5-13(16)9(6-11)8-20-12-3-1-2-10(7-12)14(17,18)19/h1-7,20H,8H2. The van der Waals surface area contributed by atoms with Gasteiger partial charge in [0.15, 0.2) is 0 Å². The molecule has 0 fully saturated rings. The SMILES string of the molecule is FC(F)(F)c1cccc(NCc2cc(Cl)ccc2Cl)c1. The van der Waals surface area contributed by atoms with Crippen LogP contribution in [-0.2, 0) is 12.7 Å². The van der Waals surface area contributed by atoms with Crippen LogP contribution in [0.3, 0.4) is 0 Å². The van der Waals surface area contributed by atoms with E-state index in [2.05, 4.69) is 5.32 Å². The van der Waals surface area contributed by atoms with E-state index in [1.165, 1.54) is 6.07 Å². The van der Waals surface area contributed by atoms with Gasteiger partial charge in [-0.15, -0.1) is 0 Å². The molecule has 0 heterocycles. The lowest BCUT2D eigenvalue weighted by atomic mass is 10.1. The predicted octanol–water partition coefficient (Wildman–Crippen LogP) is 5.62. The zero-order valence-electron chi connectivity index (χ0n) is 10.1. The summed E-state index contributed by atoms with van der Waals surface area (Å²) in [5.41, 5.74) is 0.395. The second-order valence-electron chi connectivity index (χ2n) is 4.17. The highest BCUT2D eigenvalue weighted by atomic mass is 35.5. The second-order valence-corrected chi connectivity index (χ2v) is 5.01. The zero-order valence-corrected chi connectivity index (χ0v) is 11.7. The Hall–Kier alpha value is -1.39. The molecule has 0 spiro atoms. The summed E-state index contributed by atoms with van der Waals surface area (Å²) in [5, 5.41) is 3.93. The molecule has 0 atom stereocenters. The molecule has 0 saturated carbocycles. The van der Waals surface area contributed by atoms with Gasteiger partial charge in [-0.05, 0) is 42.0 Å². The van der Waals surface area contributed by atoms with Crippen molar-refractivity contribution < 1.29 is 13.2 Å². The van der Waals surface area contributed by atoms with E-state index >= 15 is 0 Å². The Morgan fingerprint density at radius 3 is 2.45 bits per heavy atom. The van der Waals surface area contributed by atoms with E-state index in [1.54, 1.807) is 24.3 Å². The third-order valence-corrected chi connectivity index (χ3v) is 3.28. The summed E-state index contributed by atoms with van der Waals surface area (Å²) in [4.78, 5) is 0. The van der Waals surface area contributed by atoms with Crippen molar-refractivity contribution >= 4 is 28.9 Å². The molecule has 0 aliphatic carbocycles. The summed E-state index contributed by atoms with van der Waals surface area (Å²) in [6.07, 6.45) is -4.36. The topological polar surface area (TPSA) is 12.0 Å². The highest BCUT2D eigenvalue weighted by molar-refractivity contribution is 6.33. The molecule has 0 aliphatic heterocycles. The predicted molar refractivity (Wildman–Crippen MR) is 75.2 cm³/mol. The van der Waals surface area contributed by atoms with Gasteiger partial charge in [-0.1, -0.05) is 29.3 Å². The van der Waals surface area contributed by atoms with Crippen molar-refractivity contribution in [2.24, 2.45) is 0 Å². The lowest BCUT2D eigenvalue weighted by molar-refractivity contribution is -0.137. The number of rotatable bonds is 3. The van der Waals surface area contributed by atoms with Gasteiger partial charge in [-0.3, -0.25) is 0 Å². The van der Waals surface area contributed by atoms with Gasteiger partial charge < -0.3 is 5.32 Å². The Morgan fingerprint density at radius 1 is 1.00 bits per heavy atom. The van der Waals surface area contributed by atoms with Gasteiger partial charge in [-0.2, -0.15) is 13.2 Å². The Balaban J connectivity index is 2.13. The number of benzene rings is 2. The third-order valence-electron chi connectivity index (χ3n) is 2.68. The fraction of sp³-hybridized carbons (Fsp3) is 0.143. The van der Waals surface area contributed by atoms with E-state index in [1.807, 2.05) is 0 Å². The molecule has 0 amide bonds. The quantitative estimate of drug-likeness (QED) is 0.773. The van der Waals surface area contributed by atoms with E-state index in [0.717, 1.165) is 17.7 Å². The fourth-order valence-electron chi connectivity index (χ4n) is 1.68. The molecular formula is C14H10Cl2F3N. The minimum Gasteiger partial charge on any atom is -0.381 e. The van der Waals surface area contributed by atoms with Crippen LogP contribution in [0.2, 0.25) is 10.0 Å². The van der Waals surface area contributed by atoms with E-state index in [-0.39, 0.29) is 0 Å². The van der Waals surface area contributed by atoms with E-state index in [9.17, 15) is 13.2 Å². The summed E-state index contributed by atoms with van der Waals surface area (Å²) in [6, 6.07) is 9.96. The molecule has 2 aromatic rings. The molecular weight excluding hydrogens is 310 g/mol.